The average Bonchev–Trinajstić information content (AvgIpc) is 3.09. The average molecular weight is 316 g/mol. The highest BCUT2D eigenvalue weighted by molar-refractivity contribution is 5.79. The third-order valence-corrected chi connectivity index (χ3v) is 4.05. The van der Waals surface area contributed by atoms with Crippen molar-refractivity contribution in [1.82, 2.24) is 0 Å². The Morgan fingerprint density at radius 3 is 1.27 bits per heavy atom. The largest absolute Gasteiger partial charge is 0.625 e. The van der Waals surface area contributed by atoms with Gasteiger partial charge in [-0.15, -0.1) is 0 Å². The minimum absolute atomic E-state index is 0.383. The molecule has 4 aliphatic heterocycles. The molecule has 4 fully saturated rings. The second-order valence-electron chi connectivity index (χ2n) is 5.54. The first-order valence-electron chi connectivity index (χ1n) is 6.35. The predicted octanol–water partition coefficient (Wildman–Crippen LogP) is -3.05. The van der Waals surface area contributed by atoms with Gasteiger partial charge in [0.2, 0.25) is 26.2 Å². The SMILES string of the molecule is O=C1C[N+]23CC(=O)OC4(O1)OC(=O)C[N+]1(CC(=O)O4)OC21O3. The maximum absolute atomic E-state index is 12.0. The zero-order valence-corrected chi connectivity index (χ0v) is 10.8. The molecule has 4 rings (SSSR count). The van der Waals surface area contributed by atoms with Crippen molar-refractivity contribution in [2.24, 2.45) is 0 Å². The van der Waals surface area contributed by atoms with E-state index in [9.17, 15) is 19.2 Å². The quantitative estimate of drug-likeness (QED) is 0.258. The van der Waals surface area contributed by atoms with Crippen LogP contribution < -0.4 is 0 Å². The Kier molecular flexibility index (Phi) is 1.72. The predicted molar refractivity (Wildman–Crippen MR) is 52.0 cm³/mol. The number of rotatable bonds is 0. The first kappa shape index (κ1) is 12.3. The van der Waals surface area contributed by atoms with Crippen molar-refractivity contribution in [3.05, 3.63) is 0 Å². The molecular formula is C10H8N2O10+2. The van der Waals surface area contributed by atoms with Gasteiger partial charge in [-0.05, 0) is 19.0 Å². The minimum Gasteiger partial charge on any atom is -0.347 e. The van der Waals surface area contributed by atoms with E-state index in [1.165, 1.54) is 0 Å². The summed E-state index contributed by atoms with van der Waals surface area (Å²) in [7, 11) is 0. The van der Waals surface area contributed by atoms with Gasteiger partial charge in [-0.1, -0.05) is 0 Å². The van der Waals surface area contributed by atoms with Gasteiger partial charge in [0.15, 0.2) is 0 Å². The van der Waals surface area contributed by atoms with E-state index < -0.39 is 45.4 Å². The normalized spacial score (nSPS) is 51.3. The van der Waals surface area contributed by atoms with Crippen LogP contribution in [0.1, 0.15) is 0 Å². The molecule has 0 N–H and O–H groups in total. The van der Waals surface area contributed by atoms with Crippen molar-refractivity contribution in [1.29, 1.82) is 0 Å². The van der Waals surface area contributed by atoms with Crippen LogP contribution in [0.5, 0.6) is 0 Å². The Morgan fingerprint density at radius 1 is 0.636 bits per heavy atom. The van der Waals surface area contributed by atoms with Crippen LogP contribution >= 0.6 is 0 Å². The molecule has 4 saturated heterocycles. The smallest absolute Gasteiger partial charge is 0.347 e. The summed E-state index contributed by atoms with van der Waals surface area (Å²) in [4.78, 5) is 58.7. The van der Waals surface area contributed by atoms with Gasteiger partial charge in [-0.2, -0.15) is 0 Å². The molecular weight excluding hydrogens is 308 g/mol. The molecule has 4 aliphatic rings. The van der Waals surface area contributed by atoms with E-state index in [-0.39, 0.29) is 26.2 Å². The first-order valence-corrected chi connectivity index (χ1v) is 6.35. The van der Waals surface area contributed by atoms with Gasteiger partial charge in [-0.25, -0.2) is 19.2 Å². The highest BCUT2D eigenvalue weighted by Gasteiger charge is 3.08. The van der Waals surface area contributed by atoms with Crippen LogP contribution in [0.3, 0.4) is 0 Å². The van der Waals surface area contributed by atoms with Crippen molar-refractivity contribution < 1.29 is 57.1 Å². The number of hydrogen-bond donors (Lipinski definition) is 0. The Labute approximate surface area is 120 Å². The molecule has 0 unspecified atom stereocenters. The van der Waals surface area contributed by atoms with Crippen LogP contribution in [-0.4, -0.2) is 71.5 Å². The molecule has 22 heavy (non-hydrogen) atoms. The van der Waals surface area contributed by atoms with Gasteiger partial charge in [-0.3, -0.25) is 0 Å². The zero-order valence-electron chi connectivity index (χ0n) is 10.8. The summed E-state index contributed by atoms with van der Waals surface area (Å²) in [6.45, 7) is -1.53. The van der Waals surface area contributed by atoms with Crippen molar-refractivity contribution >= 4 is 23.9 Å². The summed E-state index contributed by atoms with van der Waals surface area (Å²) in [5.74, 6) is -3.77. The molecule has 0 aromatic heterocycles. The summed E-state index contributed by atoms with van der Waals surface area (Å²) >= 11 is 0. The van der Waals surface area contributed by atoms with E-state index in [1.54, 1.807) is 0 Å². The number of hydroxylamine groups is 6. The molecule has 4 spiro atoms. The van der Waals surface area contributed by atoms with E-state index in [0.29, 0.717) is 0 Å². The number of hydrogen-bond acceptors (Lipinski definition) is 10. The van der Waals surface area contributed by atoms with Crippen LogP contribution in [0.15, 0.2) is 0 Å². The van der Waals surface area contributed by atoms with E-state index >= 15 is 0 Å². The molecule has 0 amide bonds. The van der Waals surface area contributed by atoms with Gasteiger partial charge >= 0.3 is 36.1 Å². The van der Waals surface area contributed by atoms with Crippen molar-refractivity contribution in [2.45, 2.75) is 12.2 Å². The number of nitrogens with zero attached hydrogens (tertiary/aromatic N) is 2. The third-order valence-electron chi connectivity index (χ3n) is 4.05. The number of carbonyl (C=O) groups is 4. The number of quaternary nitrogens is 2. The van der Waals surface area contributed by atoms with E-state index in [2.05, 4.69) is 0 Å². The van der Waals surface area contributed by atoms with E-state index in [0.717, 1.165) is 0 Å². The number of carbonyl (C=O) groups excluding carboxylic acids is 4. The number of ether oxygens (including phenoxy) is 4. The molecule has 4 heterocycles. The molecule has 0 bridgehead atoms. The summed E-state index contributed by atoms with van der Waals surface area (Å²) in [5.41, 5.74) is 0. The lowest BCUT2D eigenvalue weighted by molar-refractivity contribution is -0.985. The van der Waals surface area contributed by atoms with Gasteiger partial charge in [0.05, 0.1) is 0 Å². The van der Waals surface area contributed by atoms with Crippen molar-refractivity contribution in [3.8, 4) is 0 Å². The maximum atomic E-state index is 12.0. The van der Waals surface area contributed by atoms with Gasteiger partial charge in [0.1, 0.15) is 0 Å². The highest BCUT2D eigenvalue weighted by atomic mass is 17.2. The van der Waals surface area contributed by atoms with Gasteiger partial charge in [0.25, 0.3) is 0 Å². The second kappa shape index (κ2) is 3.08. The van der Waals surface area contributed by atoms with Gasteiger partial charge < -0.3 is 18.9 Å². The van der Waals surface area contributed by atoms with Crippen molar-refractivity contribution in [2.75, 3.05) is 26.2 Å². The summed E-state index contributed by atoms with van der Waals surface area (Å²) < 4.78 is 18.0. The standard InChI is InChI=1S/C10H8N2O10/c13-5-1-11-2-6(14)18-10(17-5)19-7(15)3-12(4-8(16)20-10)9(11,21-11)22-12/h1-4H2/q+2. The fourth-order valence-corrected chi connectivity index (χ4v) is 3.20. The lowest BCUT2D eigenvalue weighted by atomic mass is 10.4. The molecule has 0 aliphatic carbocycles. The van der Waals surface area contributed by atoms with E-state index in [4.69, 9.17) is 28.6 Å². The summed E-state index contributed by atoms with van der Waals surface area (Å²) in [5, 5.41) is 0. The lowest BCUT2D eigenvalue weighted by Gasteiger charge is -2.32. The Balaban J connectivity index is 1.73. The molecule has 0 aromatic carbocycles. The zero-order chi connectivity index (χ0) is 15.4. The third kappa shape index (κ3) is 1.22. The first-order chi connectivity index (χ1) is 10.3. The summed E-state index contributed by atoms with van der Waals surface area (Å²) in [6, 6.07) is -1.50. The topological polar surface area (TPSA) is 130 Å². The number of fused-ring (bicyclic) bond motifs is 2. The maximum Gasteiger partial charge on any atom is 0.625 e. The van der Waals surface area contributed by atoms with Crippen molar-refractivity contribution in [3.63, 3.8) is 0 Å². The second-order valence-corrected chi connectivity index (χ2v) is 5.54. The molecule has 0 aromatic rings. The minimum atomic E-state index is -2.83. The molecule has 0 atom stereocenters. The monoisotopic (exact) mass is 316 g/mol. The van der Waals surface area contributed by atoms with Crippen LogP contribution in [0.4, 0.5) is 0 Å². The Bertz CT molecular complexity index is 584. The molecule has 116 valence electrons. The molecule has 0 radical (unpaired) electrons. The molecule has 12 nitrogen and oxygen atoms in total. The molecule has 12 heteroatoms. The fourth-order valence-electron chi connectivity index (χ4n) is 3.20. The van der Waals surface area contributed by atoms with Gasteiger partial charge in [0, 0.05) is 0 Å². The number of esters is 4. The lowest BCUT2D eigenvalue weighted by Crippen LogP contribution is -2.61. The van der Waals surface area contributed by atoms with Crippen LogP contribution in [0.25, 0.3) is 0 Å². The highest BCUT2D eigenvalue weighted by Crippen LogP contribution is 2.66. The fraction of sp³-hybridized carbons (Fsp3) is 0.600. The Morgan fingerprint density at radius 2 is 0.955 bits per heavy atom. The molecule has 0 saturated carbocycles. The van der Waals surface area contributed by atoms with Crippen LogP contribution in [-0.2, 0) is 47.8 Å². The Hall–Kier alpha value is -2.28. The van der Waals surface area contributed by atoms with Crippen LogP contribution in [0.2, 0.25) is 0 Å². The van der Waals surface area contributed by atoms with Crippen LogP contribution in [0, 0.1) is 0 Å². The van der Waals surface area contributed by atoms with E-state index in [1.807, 2.05) is 0 Å². The summed E-state index contributed by atoms with van der Waals surface area (Å²) in [6.07, 6.45) is -2.83.